The Labute approximate surface area is 117 Å². The minimum Gasteiger partial charge on any atom is -0.495 e. The molecule has 0 aliphatic carbocycles. The minimum absolute atomic E-state index is 0.555. The van der Waals surface area contributed by atoms with Gasteiger partial charge in [0.25, 0.3) is 0 Å². The first-order valence-electron chi connectivity index (χ1n) is 6.05. The number of ether oxygens (including phenoxy) is 1. The highest BCUT2D eigenvalue weighted by atomic mass is 16.5. The van der Waals surface area contributed by atoms with Gasteiger partial charge in [0, 0.05) is 25.9 Å². The number of methoxy groups -OCH3 is 1. The van der Waals surface area contributed by atoms with Crippen molar-refractivity contribution in [3.63, 3.8) is 0 Å². The number of hydrogen-bond donors (Lipinski definition) is 1. The van der Waals surface area contributed by atoms with Crippen LogP contribution >= 0.6 is 0 Å². The third kappa shape index (κ3) is 2.73. The maximum absolute atomic E-state index is 8.92. The zero-order valence-corrected chi connectivity index (χ0v) is 11.3. The highest BCUT2D eigenvalue weighted by Gasteiger charge is 2.06. The Morgan fingerprint density at radius 1 is 1.25 bits per heavy atom. The van der Waals surface area contributed by atoms with E-state index in [0.29, 0.717) is 23.6 Å². The highest BCUT2D eigenvalue weighted by Crippen LogP contribution is 2.25. The van der Waals surface area contributed by atoms with Crippen LogP contribution in [-0.2, 0) is 13.6 Å². The number of nitriles is 2. The van der Waals surface area contributed by atoms with E-state index in [4.69, 9.17) is 15.3 Å². The lowest BCUT2D eigenvalue weighted by molar-refractivity contribution is 0.416. The topological polar surface area (TPSA) is 73.8 Å². The molecule has 0 saturated carbocycles. The van der Waals surface area contributed by atoms with Gasteiger partial charge in [-0.05, 0) is 23.8 Å². The molecule has 1 heterocycles. The molecule has 0 spiro atoms. The molecule has 5 nitrogen and oxygen atoms in total. The van der Waals surface area contributed by atoms with Crippen LogP contribution in [0.2, 0.25) is 0 Å². The van der Waals surface area contributed by atoms with E-state index >= 15 is 0 Å². The standard InChI is InChI=1S/C15H14N4O/c1-19-10-12(5-13(19)8-17)9-18-14-4-3-11(7-16)6-15(14)20-2/h3-6,10,18H,9H2,1-2H3. The summed E-state index contributed by atoms with van der Waals surface area (Å²) < 4.78 is 7.04. The van der Waals surface area contributed by atoms with E-state index in [-0.39, 0.29) is 0 Å². The summed E-state index contributed by atoms with van der Waals surface area (Å²) in [5, 5.41) is 21.0. The van der Waals surface area contributed by atoms with Gasteiger partial charge in [0.1, 0.15) is 17.5 Å². The maximum Gasteiger partial charge on any atom is 0.143 e. The normalized spacial score (nSPS) is 9.60. The van der Waals surface area contributed by atoms with Crippen molar-refractivity contribution in [3.05, 3.63) is 47.3 Å². The van der Waals surface area contributed by atoms with Gasteiger partial charge in [0.2, 0.25) is 0 Å². The summed E-state index contributed by atoms with van der Waals surface area (Å²) in [6.45, 7) is 0.581. The Kier molecular flexibility index (Phi) is 3.93. The quantitative estimate of drug-likeness (QED) is 0.922. The van der Waals surface area contributed by atoms with Gasteiger partial charge in [-0.3, -0.25) is 0 Å². The second-order valence-electron chi connectivity index (χ2n) is 4.34. The van der Waals surface area contributed by atoms with Crippen LogP contribution in [0.25, 0.3) is 0 Å². The zero-order valence-electron chi connectivity index (χ0n) is 11.3. The first-order valence-corrected chi connectivity index (χ1v) is 6.05. The Hall–Kier alpha value is -2.92. The molecular weight excluding hydrogens is 252 g/mol. The number of aromatic nitrogens is 1. The van der Waals surface area contributed by atoms with Gasteiger partial charge in [0.15, 0.2) is 0 Å². The largest absolute Gasteiger partial charge is 0.495 e. The van der Waals surface area contributed by atoms with Crippen molar-refractivity contribution < 1.29 is 4.74 Å². The predicted molar refractivity (Wildman–Crippen MR) is 75.2 cm³/mol. The molecule has 2 aromatic rings. The number of rotatable bonds is 4. The molecule has 0 bridgehead atoms. The van der Waals surface area contributed by atoms with Gasteiger partial charge < -0.3 is 14.6 Å². The van der Waals surface area contributed by atoms with Crippen LogP contribution < -0.4 is 10.1 Å². The van der Waals surface area contributed by atoms with Gasteiger partial charge in [-0.2, -0.15) is 10.5 Å². The first kappa shape index (κ1) is 13.5. The molecule has 1 aromatic heterocycles. The number of hydrogen-bond acceptors (Lipinski definition) is 4. The molecule has 5 heteroatoms. The van der Waals surface area contributed by atoms with Crippen LogP contribution in [0.1, 0.15) is 16.8 Å². The lowest BCUT2D eigenvalue weighted by atomic mass is 10.2. The molecule has 0 atom stereocenters. The number of anilines is 1. The van der Waals surface area contributed by atoms with Crippen LogP contribution in [0.15, 0.2) is 30.5 Å². The van der Waals surface area contributed by atoms with Gasteiger partial charge in [-0.1, -0.05) is 0 Å². The van der Waals surface area contributed by atoms with Gasteiger partial charge in [0.05, 0.1) is 24.4 Å². The second kappa shape index (κ2) is 5.81. The third-order valence-electron chi connectivity index (χ3n) is 2.99. The number of aryl methyl sites for hydroxylation is 1. The molecule has 2 rings (SSSR count). The number of nitrogens with zero attached hydrogens (tertiary/aromatic N) is 3. The summed E-state index contributed by atoms with van der Waals surface area (Å²) in [6, 6.07) is 11.3. The van der Waals surface area contributed by atoms with Gasteiger partial charge >= 0.3 is 0 Å². The van der Waals surface area contributed by atoms with Crippen molar-refractivity contribution in [3.8, 4) is 17.9 Å². The van der Waals surface area contributed by atoms with Crippen molar-refractivity contribution in [2.45, 2.75) is 6.54 Å². The smallest absolute Gasteiger partial charge is 0.143 e. The Morgan fingerprint density at radius 3 is 2.65 bits per heavy atom. The summed E-state index contributed by atoms with van der Waals surface area (Å²) in [5.41, 5.74) is 3.00. The van der Waals surface area contributed by atoms with E-state index in [0.717, 1.165) is 11.3 Å². The summed E-state index contributed by atoms with van der Waals surface area (Å²) in [4.78, 5) is 0. The van der Waals surface area contributed by atoms with Crippen LogP contribution in [-0.4, -0.2) is 11.7 Å². The van der Waals surface area contributed by atoms with Gasteiger partial charge in [-0.15, -0.1) is 0 Å². The van der Waals surface area contributed by atoms with E-state index in [2.05, 4.69) is 17.5 Å². The maximum atomic E-state index is 8.92. The lowest BCUT2D eigenvalue weighted by Gasteiger charge is -2.10. The number of benzene rings is 1. The van der Waals surface area contributed by atoms with E-state index in [1.807, 2.05) is 25.4 Å². The van der Waals surface area contributed by atoms with Crippen LogP contribution in [0, 0.1) is 22.7 Å². The van der Waals surface area contributed by atoms with Crippen LogP contribution in [0.5, 0.6) is 5.75 Å². The predicted octanol–water partition coefficient (Wildman–Crippen LogP) is 2.39. The van der Waals surface area contributed by atoms with Crippen molar-refractivity contribution >= 4 is 5.69 Å². The Balaban J connectivity index is 2.14. The molecule has 1 aromatic carbocycles. The fourth-order valence-electron chi connectivity index (χ4n) is 1.94. The summed E-state index contributed by atoms with van der Waals surface area (Å²) >= 11 is 0. The molecule has 0 fully saturated rings. The molecule has 0 amide bonds. The lowest BCUT2D eigenvalue weighted by Crippen LogP contribution is -2.01. The van der Waals surface area contributed by atoms with Crippen molar-refractivity contribution in [2.75, 3.05) is 12.4 Å². The molecule has 0 radical (unpaired) electrons. The monoisotopic (exact) mass is 266 g/mol. The summed E-state index contributed by atoms with van der Waals surface area (Å²) in [6.07, 6.45) is 1.90. The van der Waals surface area contributed by atoms with E-state index in [1.165, 1.54) is 0 Å². The van der Waals surface area contributed by atoms with Crippen molar-refractivity contribution in [1.82, 2.24) is 4.57 Å². The Morgan fingerprint density at radius 2 is 2.05 bits per heavy atom. The molecule has 1 N–H and O–H groups in total. The van der Waals surface area contributed by atoms with E-state index in [1.54, 1.807) is 23.8 Å². The zero-order chi connectivity index (χ0) is 14.5. The highest BCUT2D eigenvalue weighted by molar-refractivity contribution is 5.59. The number of nitrogens with one attached hydrogen (secondary N) is 1. The Bertz CT molecular complexity index is 704. The summed E-state index contributed by atoms with van der Waals surface area (Å²) in [5.74, 6) is 0.625. The van der Waals surface area contributed by atoms with Crippen molar-refractivity contribution in [1.29, 1.82) is 10.5 Å². The van der Waals surface area contributed by atoms with E-state index in [9.17, 15) is 0 Å². The molecule has 0 aliphatic heterocycles. The molecule has 20 heavy (non-hydrogen) atoms. The van der Waals surface area contributed by atoms with Crippen LogP contribution in [0.3, 0.4) is 0 Å². The van der Waals surface area contributed by atoms with Crippen LogP contribution in [0.4, 0.5) is 5.69 Å². The molecule has 0 unspecified atom stereocenters. The fraction of sp³-hybridized carbons (Fsp3) is 0.200. The van der Waals surface area contributed by atoms with E-state index < -0.39 is 0 Å². The summed E-state index contributed by atoms with van der Waals surface area (Å²) in [7, 11) is 3.41. The molecule has 0 aliphatic rings. The third-order valence-corrected chi connectivity index (χ3v) is 2.99. The second-order valence-corrected chi connectivity index (χ2v) is 4.34. The average Bonchev–Trinajstić information content (AvgIpc) is 2.85. The molecular formula is C15H14N4O. The first-order chi connectivity index (χ1) is 9.67. The fourth-order valence-corrected chi connectivity index (χ4v) is 1.94. The molecule has 100 valence electrons. The van der Waals surface area contributed by atoms with Crippen molar-refractivity contribution in [2.24, 2.45) is 7.05 Å². The van der Waals surface area contributed by atoms with Gasteiger partial charge in [-0.25, -0.2) is 0 Å². The SMILES string of the molecule is COc1cc(C#N)ccc1NCc1cc(C#N)n(C)c1. The average molecular weight is 266 g/mol. The molecule has 0 saturated heterocycles. The minimum atomic E-state index is 0.555.